The van der Waals surface area contributed by atoms with Gasteiger partial charge in [0.25, 0.3) is 0 Å². The second-order valence-corrected chi connectivity index (χ2v) is 6.62. The van der Waals surface area contributed by atoms with Crippen LogP contribution in [-0.2, 0) is 11.2 Å². The van der Waals surface area contributed by atoms with Crippen LogP contribution in [0.25, 0.3) is 0 Å². The van der Waals surface area contributed by atoms with Gasteiger partial charge in [0.1, 0.15) is 5.60 Å². The first-order chi connectivity index (χ1) is 8.28. The number of rotatable bonds is 0. The van der Waals surface area contributed by atoms with E-state index in [4.69, 9.17) is 4.74 Å². The van der Waals surface area contributed by atoms with Gasteiger partial charge >= 0.3 is 6.09 Å². The number of carbonyl (C=O) groups is 1. The van der Waals surface area contributed by atoms with Gasteiger partial charge in [-0.15, -0.1) is 11.3 Å². The van der Waals surface area contributed by atoms with E-state index < -0.39 is 5.60 Å². The molecule has 1 atom stereocenters. The smallest absolute Gasteiger partial charge is 0.410 e. The van der Waals surface area contributed by atoms with Gasteiger partial charge in [-0.25, -0.2) is 4.79 Å². The van der Waals surface area contributed by atoms with Gasteiger partial charge in [-0.2, -0.15) is 4.39 Å². The molecule has 1 aromatic rings. The highest BCUT2D eigenvalue weighted by atomic mass is 32.1. The maximum atomic E-state index is 13.2. The zero-order chi connectivity index (χ0) is 13.5. The Morgan fingerprint density at radius 3 is 2.83 bits per heavy atom. The molecule has 100 valence electrons. The largest absolute Gasteiger partial charge is 0.444 e. The molecule has 1 amide bonds. The third-order valence-electron chi connectivity index (χ3n) is 2.94. The standard InChI is InChI=1S/C13H18FNO2S/c1-8-9-7-11(14)18-10(9)5-6-15(8)12(16)17-13(2,3)4/h7-8H,5-6H2,1-4H3/t8-/m1/s1. The van der Waals surface area contributed by atoms with Gasteiger partial charge in [-0.1, -0.05) is 0 Å². The minimum absolute atomic E-state index is 0.121. The third-order valence-corrected chi connectivity index (χ3v) is 3.94. The molecule has 0 fully saturated rings. The summed E-state index contributed by atoms with van der Waals surface area (Å²) in [6, 6.07) is 1.41. The van der Waals surface area contributed by atoms with Crippen molar-refractivity contribution < 1.29 is 13.9 Å². The second kappa shape index (κ2) is 4.53. The Kier molecular flexibility index (Phi) is 3.36. The van der Waals surface area contributed by atoms with Crippen molar-refractivity contribution in [2.24, 2.45) is 0 Å². The summed E-state index contributed by atoms with van der Waals surface area (Å²) in [7, 11) is 0. The van der Waals surface area contributed by atoms with Gasteiger partial charge in [-0.3, -0.25) is 0 Å². The number of carbonyl (C=O) groups excluding carboxylic acids is 1. The Bertz CT molecular complexity index is 464. The van der Waals surface area contributed by atoms with E-state index in [1.54, 1.807) is 4.90 Å². The molecule has 0 aliphatic carbocycles. The highest BCUT2D eigenvalue weighted by molar-refractivity contribution is 7.10. The molecule has 0 bridgehead atoms. The van der Waals surface area contributed by atoms with Crippen molar-refractivity contribution in [3.05, 3.63) is 21.6 Å². The van der Waals surface area contributed by atoms with E-state index in [9.17, 15) is 9.18 Å². The summed E-state index contributed by atoms with van der Waals surface area (Å²) >= 11 is 1.18. The monoisotopic (exact) mass is 271 g/mol. The lowest BCUT2D eigenvalue weighted by molar-refractivity contribution is 0.0161. The van der Waals surface area contributed by atoms with Crippen molar-refractivity contribution in [3.63, 3.8) is 0 Å². The van der Waals surface area contributed by atoms with E-state index in [1.807, 2.05) is 27.7 Å². The first-order valence-corrected chi connectivity index (χ1v) is 6.87. The highest BCUT2D eigenvalue weighted by Gasteiger charge is 2.32. The Morgan fingerprint density at radius 2 is 2.22 bits per heavy atom. The van der Waals surface area contributed by atoms with Crippen LogP contribution in [0, 0.1) is 5.13 Å². The number of nitrogens with zero attached hydrogens (tertiary/aromatic N) is 1. The van der Waals surface area contributed by atoms with Crippen LogP contribution < -0.4 is 0 Å². The van der Waals surface area contributed by atoms with Crippen LogP contribution in [0.5, 0.6) is 0 Å². The van der Waals surface area contributed by atoms with Crippen LogP contribution in [-0.4, -0.2) is 23.1 Å². The van der Waals surface area contributed by atoms with E-state index in [0.29, 0.717) is 13.0 Å². The topological polar surface area (TPSA) is 29.5 Å². The molecule has 1 aliphatic rings. The van der Waals surface area contributed by atoms with Crippen molar-refractivity contribution >= 4 is 17.4 Å². The molecule has 3 nitrogen and oxygen atoms in total. The number of thiophene rings is 1. The van der Waals surface area contributed by atoms with Crippen LogP contribution in [0.4, 0.5) is 9.18 Å². The lowest BCUT2D eigenvalue weighted by atomic mass is 10.0. The van der Waals surface area contributed by atoms with Crippen molar-refractivity contribution in [2.75, 3.05) is 6.54 Å². The minimum atomic E-state index is -0.503. The fourth-order valence-corrected chi connectivity index (χ4v) is 3.07. The summed E-state index contributed by atoms with van der Waals surface area (Å²) in [6.07, 6.45) is 0.375. The zero-order valence-corrected chi connectivity index (χ0v) is 11.9. The minimum Gasteiger partial charge on any atom is -0.444 e. The van der Waals surface area contributed by atoms with Gasteiger partial charge in [0.2, 0.25) is 0 Å². The maximum Gasteiger partial charge on any atom is 0.410 e. The number of ether oxygens (including phenoxy) is 1. The average Bonchev–Trinajstić information content (AvgIpc) is 2.57. The summed E-state index contributed by atoms with van der Waals surface area (Å²) in [6.45, 7) is 8.02. The summed E-state index contributed by atoms with van der Waals surface area (Å²) in [5.41, 5.74) is 0.409. The SMILES string of the molecule is C[C@@H]1c2cc(F)sc2CCN1C(=O)OC(C)(C)C. The van der Waals surface area contributed by atoms with Crippen LogP contribution in [0.2, 0.25) is 0 Å². The Balaban J connectivity index is 2.16. The summed E-state index contributed by atoms with van der Waals surface area (Å²) in [4.78, 5) is 14.8. The van der Waals surface area contributed by atoms with Gasteiger partial charge in [0, 0.05) is 17.8 Å². The van der Waals surface area contributed by atoms with Gasteiger partial charge in [-0.05, 0) is 39.3 Å². The fourth-order valence-electron chi connectivity index (χ4n) is 2.11. The predicted octanol–water partition coefficient (Wildman–Crippen LogP) is 3.74. The molecule has 18 heavy (non-hydrogen) atoms. The number of amides is 1. The molecule has 5 heteroatoms. The Morgan fingerprint density at radius 1 is 1.56 bits per heavy atom. The number of hydrogen-bond acceptors (Lipinski definition) is 3. The summed E-state index contributed by atoms with van der Waals surface area (Å²) < 4.78 is 18.6. The summed E-state index contributed by atoms with van der Waals surface area (Å²) in [5, 5.41) is -0.183. The van der Waals surface area contributed by atoms with Crippen LogP contribution >= 0.6 is 11.3 Å². The van der Waals surface area contributed by atoms with Crippen LogP contribution in [0.1, 0.15) is 44.2 Å². The third kappa shape index (κ3) is 2.66. The summed E-state index contributed by atoms with van der Waals surface area (Å²) in [5.74, 6) is 0. The molecule has 0 unspecified atom stereocenters. The van der Waals surface area contributed by atoms with Crippen LogP contribution in [0.3, 0.4) is 0 Å². The molecular weight excluding hydrogens is 253 g/mol. The lowest BCUT2D eigenvalue weighted by Gasteiger charge is -2.34. The highest BCUT2D eigenvalue weighted by Crippen LogP contribution is 2.35. The van der Waals surface area contributed by atoms with Crippen molar-refractivity contribution in [1.29, 1.82) is 0 Å². The number of halogens is 1. The number of fused-ring (bicyclic) bond motifs is 1. The fraction of sp³-hybridized carbons (Fsp3) is 0.615. The van der Waals surface area contributed by atoms with Gasteiger partial charge in [0.05, 0.1) is 6.04 Å². The molecule has 2 rings (SSSR count). The molecule has 0 aromatic carbocycles. The molecule has 0 saturated carbocycles. The average molecular weight is 271 g/mol. The first kappa shape index (κ1) is 13.3. The number of hydrogen-bond donors (Lipinski definition) is 0. The van der Waals surface area contributed by atoms with Crippen molar-refractivity contribution in [1.82, 2.24) is 4.90 Å². The molecule has 0 N–H and O–H groups in total. The van der Waals surface area contributed by atoms with E-state index >= 15 is 0 Å². The van der Waals surface area contributed by atoms with E-state index in [0.717, 1.165) is 10.4 Å². The Labute approximate surface area is 111 Å². The van der Waals surface area contributed by atoms with Crippen LogP contribution in [0.15, 0.2) is 6.07 Å². The lowest BCUT2D eigenvalue weighted by Crippen LogP contribution is -2.41. The Hall–Kier alpha value is -1.10. The van der Waals surface area contributed by atoms with E-state index in [1.165, 1.54) is 17.4 Å². The quantitative estimate of drug-likeness (QED) is 0.719. The van der Waals surface area contributed by atoms with Gasteiger partial charge in [0.15, 0.2) is 5.13 Å². The maximum absolute atomic E-state index is 13.2. The van der Waals surface area contributed by atoms with E-state index in [2.05, 4.69) is 0 Å². The molecule has 1 aromatic heterocycles. The molecule has 1 aliphatic heterocycles. The molecule has 2 heterocycles. The first-order valence-electron chi connectivity index (χ1n) is 6.05. The zero-order valence-electron chi connectivity index (χ0n) is 11.1. The van der Waals surface area contributed by atoms with Crippen molar-refractivity contribution in [3.8, 4) is 0 Å². The normalized spacial score (nSPS) is 19.6. The molecule has 0 spiro atoms. The van der Waals surface area contributed by atoms with Gasteiger partial charge < -0.3 is 9.64 Å². The second-order valence-electron chi connectivity index (χ2n) is 5.53. The molecule has 0 radical (unpaired) electrons. The molecule has 0 saturated heterocycles. The van der Waals surface area contributed by atoms with Crippen molar-refractivity contribution in [2.45, 2.75) is 45.8 Å². The predicted molar refractivity (Wildman–Crippen MR) is 69.3 cm³/mol. The molecular formula is C13H18FNO2S. The van der Waals surface area contributed by atoms with E-state index in [-0.39, 0.29) is 17.3 Å².